The molecule has 1 aromatic rings. The van der Waals surface area contributed by atoms with Crippen molar-refractivity contribution >= 4 is 60.5 Å². The third-order valence-electron chi connectivity index (χ3n) is 2.15. The molecule has 1 atom stereocenters. The summed E-state index contributed by atoms with van der Waals surface area (Å²) in [5.74, 6) is 0.618. The maximum Gasteiger partial charge on any atom is 0.250 e. The quantitative estimate of drug-likeness (QED) is 0.738. The average molecular weight is 395 g/mol. The molecule has 18 heavy (non-hydrogen) atoms. The van der Waals surface area contributed by atoms with Gasteiger partial charge in [-0.25, -0.2) is 13.1 Å². The number of halogens is 3. The molecule has 0 saturated carbocycles. The van der Waals surface area contributed by atoms with Crippen LogP contribution in [0.1, 0.15) is 20.3 Å². The van der Waals surface area contributed by atoms with Crippen LogP contribution in [0.4, 0.5) is 0 Å². The van der Waals surface area contributed by atoms with Crippen molar-refractivity contribution in [3.05, 3.63) is 14.9 Å². The molecule has 0 amide bonds. The van der Waals surface area contributed by atoms with Gasteiger partial charge in [0.25, 0.3) is 0 Å². The number of nitrogens with one attached hydrogen (secondary N) is 1. The third-order valence-corrected chi connectivity index (χ3v) is 6.99. The van der Waals surface area contributed by atoms with Crippen molar-refractivity contribution in [1.82, 2.24) is 4.72 Å². The topological polar surface area (TPSA) is 46.2 Å². The minimum Gasteiger partial charge on any atom is -0.206 e. The summed E-state index contributed by atoms with van der Waals surface area (Å²) in [4.78, 5) is 0. The van der Waals surface area contributed by atoms with Crippen LogP contribution >= 0.6 is 50.5 Å². The van der Waals surface area contributed by atoms with E-state index in [4.69, 9.17) is 23.2 Å². The summed E-state index contributed by atoms with van der Waals surface area (Å²) in [5, 5.41) is 0.395. The molecule has 1 heterocycles. The molecule has 0 bridgehead atoms. The molecule has 0 aromatic carbocycles. The van der Waals surface area contributed by atoms with Gasteiger partial charge < -0.3 is 0 Å². The van der Waals surface area contributed by atoms with Crippen molar-refractivity contribution in [3.8, 4) is 0 Å². The lowest BCUT2D eigenvalue weighted by atomic mass is 10.1. The van der Waals surface area contributed by atoms with Gasteiger partial charge in [-0.2, -0.15) is 0 Å². The van der Waals surface area contributed by atoms with Gasteiger partial charge in [0.2, 0.25) is 10.0 Å². The first-order valence-electron chi connectivity index (χ1n) is 5.29. The highest BCUT2D eigenvalue weighted by atomic mass is 79.9. The fourth-order valence-electron chi connectivity index (χ4n) is 1.45. The summed E-state index contributed by atoms with van der Waals surface area (Å²) in [5.41, 5.74) is 0. The first-order chi connectivity index (χ1) is 8.26. The number of hydrogen-bond acceptors (Lipinski definition) is 3. The van der Waals surface area contributed by atoms with Crippen molar-refractivity contribution < 1.29 is 8.42 Å². The molecule has 0 aliphatic carbocycles. The predicted molar refractivity (Wildman–Crippen MR) is 81.3 cm³/mol. The van der Waals surface area contributed by atoms with Crippen LogP contribution in [0, 0.1) is 5.92 Å². The second-order valence-corrected chi connectivity index (χ2v) is 9.32. The third kappa shape index (κ3) is 4.65. The van der Waals surface area contributed by atoms with Crippen LogP contribution in [0.15, 0.2) is 14.1 Å². The van der Waals surface area contributed by atoms with Gasteiger partial charge in [0.15, 0.2) is 0 Å². The van der Waals surface area contributed by atoms with Crippen LogP contribution in [0.5, 0.6) is 0 Å². The number of rotatable bonds is 6. The Kier molecular flexibility index (Phi) is 6.41. The van der Waals surface area contributed by atoms with Crippen LogP contribution < -0.4 is 4.72 Å². The molecule has 1 unspecified atom stereocenters. The lowest BCUT2D eigenvalue weighted by Gasteiger charge is -2.17. The molecule has 8 heteroatoms. The van der Waals surface area contributed by atoms with Crippen LogP contribution in [-0.4, -0.2) is 20.3 Å². The predicted octanol–water partition coefficient (Wildman–Crippen LogP) is 4.10. The van der Waals surface area contributed by atoms with Gasteiger partial charge in [0, 0.05) is 11.9 Å². The summed E-state index contributed by atoms with van der Waals surface area (Å²) < 4.78 is 27.6. The van der Waals surface area contributed by atoms with Crippen molar-refractivity contribution in [1.29, 1.82) is 0 Å². The van der Waals surface area contributed by atoms with E-state index in [1.54, 1.807) is 0 Å². The number of alkyl halides is 1. The Balaban J connectivity index is 2.87. The van der Waals surface area contributed by atoms with Crippen molar-refractivity contribution in [3.63, 3.8) is 0 Å². The van der Waals surface area contributed by atoms with Crippen LogP contribution in [-0.2, 0) is 10.0 Å². The maximum atomic E-state index is 12.1. The molecule has 104 valence electrons. The summed E-state index contributed by atoms with van der Waals surface area (Å²) in [6.07, 6.45) is 0.697. The molecule has 1 rings (SSSR count). The van der Waals surface area contributed by atoms with Crippen molar-refractivity contribution in [2.75, 3.05) is 5.88 Å². The molecule has 1 aromatic heterocycles. The first-order valence-corrected chi connectivity index (χ1v) is 9.30. The van der Waals surface area contributed by atoms with E-state index in [1.807, 2.05) is 13.8 Å². The van der Waals surface area contributed by atoms with Crippen LogP contribution in [0.3, 0.4) is 0 Å². The monoisotopic (exact) mass is 393 g/mol. The fourth-order valence-corrected chi connectivity index (χ4v) is 5.41. The Morgan fingerprint density at radius 1 is 1.50 bits per heavy atom. The van der Waals surface area contributed by atoms with Gasteiger partial charge in [-0.3, -0.25) is 0 Å². The Morgan fingerprint density at radius 3 is 2.50 bits per heavy atom. The summed E-state index contributed by atoms with van der Waals surface area (Å²) >= 11 is 15.9. The fraction of sp³-hybridized carbons (Fsp3) is 0.600. The minimum absolute atomic E-state index is 0.193. The first kappa shape index (κ1) is 16.7. The molecular weight excluding hydrogens is 381 g/mol. The molecule has 0 spiro atoms. The number of thiophene rings is 1. The molecule has 0 saturated heterocycles. The normalized spacial score (nSPS) is 14.1. The van der Waals surface area contributed by atoms with E-state index in [1.165, 1.54) is 6.07 Å². The highest BCUT2D eigenvalue weighted by Crippen LogP contribution is 2.34. The average Bonchev–Trinajstić information content (AvgIpc) is 2.58. The summed E-state index contributed by atoms with van der Waals surface area (Å²) in [6.45, 7) is 4.04. The molecule has 0 fully saturated rings. The maximum absolute atomic E-state index is 12.1. The Bertz CT molecular complexity index is 482. The van der Waals surface area contributed by atoms with Crippen molar-refractivity contribution in [2.45, 2.75) is 30.5 Å². The van der Waals surface area contributed by atoms with Gasteiger partial charge in [-0.05, 0) is 34.3 Å². The van der Waals surface area contributed by atoms with Gasteiger partial charge in [0.1, 0.15) is 4.21 Å². The van der Waals surface area contributed by atoms with E-state index in [0.29, 0.717) is 21.1 Å². The van der Waals surface area contributed by atoms with Gasteiger partial charge >= 0.3 is 0 Å². The lowest BCUT2D eigenvalue weighted by molar-refractivity contribution is 0.486. The highest BCUT2D eigenvalue weighted by molar-refractivity contribution is 9.11. The zero-order valence-corrected chi connectivity index (χ0v) is 14.6. The Morgan fingerprint density at radius 2 is 2.11 bits per heavy atom. The largest absolute Gasteiger partial charge is 0.250 e. The molecule has 0 aliphatic heterocycles. The van der Waals surface area contributed by atoms with Crippen LogP contribution in [0.2, 0.25) is 5.02 Å². The molecule has 3 nitrogen and oxygen atoms in total. The summed E-state index contributed by atoms with van der Waals surface area (Å²) in [7, 11) is -3.55. The highest BCUT2D eigenvalue weighted by Gasteiger charge is 2.23. The van der Waals surface area contributed by atoms with Gasteiger partial charge in [0.05, 0.1) is 8.81 Å². The van der Waals surface area contributed by atoms with Crippen molar-refractivity contribution in [2.24, 2.45) is 5.92 Å². The lowest BCUT2D eigenvalue weighted by Crippen LogP contribution is -2.36. The van der Waals surface area contributed by atoms with E-state index in [9.17, 15) is 8.42 Å². The second-order valence-electron chi connectivity index (χ2n) is 4.29. The zero-order valence-electron chi connectivity index (χ0n) is 9.91. The second kappa shape index (κ2) is 6.90. The number of sulfonamides is 1. The van der Waals surface area contributed by atoms with E-state index in [-0.39, 0.29) is 16.1 Å². The van der Waals surface area contributed by atoms with E-state index >= 15 is 0 Å². The SMILES string of the molecule is CC(C)CC(CCl)NS(=O)(=O)c1cc(Cl)c(Br)s1. The van der Waals surface area contributed by atoms with Gasteiger partial charge in [-0.15, -0.1) is 22.9 Å². The zero-order chi connectivity index (χ0) is 13.9. The van der Waals surface area contributed by atoms with Crippen LogP contribution in [0.25, 0.3) is 0 Å². The van der Waals surface area contributed by atoms with E-state index < -0.39 is 10.0 Å². The molecule has 0 aliphatic rings. The Hall–Kier alpha value is 0.670. The smallest absolute Gasteiger partial charge is 0.206 e. The molecule has 0 radical (unpaired) electrons. The molecular formula is C10H14BrCl2NO2S2. The Labute approximate surface area is 130 Å². The number of hydrogen-bond donors (Lipinski definition) is 1. The minimum atomic E-state index is -3.55. The van der Waals surface area contributed by atoms with E-state index in [2.05, 4.69) is 20.7 Å². The van der Waals surface area contributed by atoms with E-state index in [0.717, 1.165) is 11.3 Å². The standard InChI is InChI=1S/C10H14BrCl2NO2S2/c1-6(2)3-7(5-12)14-18(15,16)9-4-8(13)10(11)17-9/h4,6-7,14H,3,5H2,1-2H3. The molecule has 1 N–H and O–H groups in total. The van der Waals surface area contributed by atoms with Gasteiger partial charge in [-0.1, -0.05) is 25.4 Å². The summed E-state index contributed by atoms with van der Waals surface area (Å²) in [6, 6.07) is 1.16.